The fourth-order valence-electron chi connectivity index (χ4n) is 1.41. The summed E-state index contributed by atoms with van der Waals surface area (Å²) in [5.41, 5.74) is 0. The van der Waals surface area contributed by atoms with E-state index in [2.05, 4.69) is 22.4 Å². The fraction of sp³-hybridized carbons (Fsp3) is 0.417. The van der Waals surface area contributed by atoms with Crippen LogP contribution in [0.25, 0.3) is 0 Å². The third-order valence-electron chi connectivity index (χ3n) is 2.35. The molecule has 0 aliphatic carbocycles. The van der Waals surface area contributed by atoms with Crippen molar-refractivity contribution >= 4 is 45.4 Å². The molecule has 0 aliphatic heterocycles. The van der Waals surface area contributed by atoms with Crippen LogP contribution in [0.1, 0.15) is 28.4 Å². The number of aromatic nitrogens is 2. The minimum Gasteiger partial charge on any atom is -0.360 e. The van der Waals surface area contributed by atoms with Crippen molar-refractivity contribution in [3.8, 4) is 0 Å². The van der Waals surface area contributed by atoms with Crippen LogP contribution in [0.3, 0.4) is 0 Å². The average molecular weight is 313 g/mol. The third-order valence-corrected chi connectivity index (χ3v) is 5.63. The van der Waals surface area contributed by atoms with E-state index in [1.807, 2.05) is 19.1 Å². The van der Waals surface area contributed by atoms with Crippen LogP contribution in [-0.2, 0) is 6.42 Å². The number of rotatable bonds is 7. The highest BCUT2D eigenvalue weighted by molar-refractivity contribution is 8.01. The van der Waals surface area contributed by atoms with E-state index in [1.54, 1.807) is 11.3 Å². The molecule has 2 aromatic rings. The van der Waals surface area contributed by atoms with Crippen molar-refractivity contribution in [2.75, 3.05) is 17.6 Å². The van der Waals surface area contributed by atoms with Gasteiger partial charge in [0.05, 0.1) is 10.6 Å². The Morgan fingerprint density at radius 2 is 2.16 bits per heavy atom. The second-order valence-corrected chi connectivity index (χ2v) is 7.10. The summed E-state index contributed by atoms with van der Waals surface area (Å²) in [6.45, 7) is 4.94. The lowest BCUT2D eigenvalue weighted by Crippen LogP contribution is -1.98. The van der Waals surface area contributed by atoms with Gasteiger partial charge in [0.15, 0.2) is 10.1 Å². The molecule has 0 amide bonds. The predicted octanol–water partition coefficient (Wildman–Crippen LogP) is 3.57. The second-order valence-electron chi connectivity index (χ2n) is 3.73. The zero-order valence-electron chi connectivity index (χ0n) is 10.8. The quantitative estimate of drug-likeness (QED) is 0.625. The molecular weight excluding hydrogens is 298 g/mol. The Balaban J connectivity index is 1.88. The number of anilines is 1. The van der Waals surface area contributed by atoms with Gasteiger partial charge in [-0.05, 0) is 25.5 Å². The van der Waals surface area contributed by atoms with Gasteiger partial charge in [0.1, 0.15) is 0 Å². The van der Waals surface area contributed by atoms with Crippen LogP contribution in [0.2, 0.25) is 0 Å². The van der Waals surface area contributed by atoms with Crippen LogP contribution in [0.15, 0.2) is 16.5 Å². The SMILES string of the molecule is CCNc1nnc(SCC(=O)c2ccc(CC)s2)s1. The van der Waals surface area contributed by atoms with Crippen LogP contribution in [0, 0.1) is 0 Å². The number of aryl methyl sites for hydroxylation is 1. The predicted molar refractivity (Wildman–Crippen MR) is 82.8 cm³/mol. The molecule has 2 aromatic heterocycles. The molecule has 0 fully saturated rings. The molecule has 0 bridgehead atoms. The number of hydrogen-bond donors (Lipinski definition) is 1. The van der Waals surface area contributed by atoms with E-state index in [1.165, 1.54) is 28.0 Å². The molecule has 102 valence electrons. The van der Waals surface area contributed by atoms with Gasteiger partial charge < -0.3 is 5.32 Å². The number of carbonyl (C=O) groups excluding carboxylic acids is 1. The monoisotopic (exact) mass is 313 g/mol. The van der Waals surface area contributed by atoms with Gasteiger partial charge in [-0.3, -0.25) is 4.79 Å². The molecule has 2 rings (SSSR count). The van der Waals surface area contributed by atoms with Crippen molar-refractivity contribution in [3.63, 3.8) is 0 Å². The first kappa shape index (κ1) is 14.5. The molecule has 0 radical (unpaired) electrons. The maximum atomic E-state index is 12.0. The van der Waals surface area contributed by atoms with E-state index in [0.29, 0.717) is 5.75 Å². The summed E-state index contributed by atoms with van der Waals surface area (Å²) in [6, 6.07) is 3.94. The summed E-state index contributed by atoms with van der Waals surface area (Å²) >= 11 is 4.52. The molecule has 0 saturated heterocycles. The number of nitrogens with zero attached hydrogens (tertiary/aromatic N) is 2. The lowest BCUT2D eigenvalue weighted by Gasteiger charge is -1.95. The minimum absolute atomic E-state index is 0.162. The lowest BCUT2D eigenvalue weighted by molar-refractivity contribution is 0.102. The molecule has 1 N–H and O–H groups in total. The van der Waals surface area contributed by atoms with E-state index in [4.69, 9.17) is 0 Å². The van der Waals surface area contributed by atoms with E-state index < -0.39 is 0 Å². The second kappa shape index (κ2) is 7.02. The van der Waals surface area contributed by atoms with Gasteiger partial charge in [0.2, 0.25) is 5.13 Å². The largest absolute Gasteiger partial charge is 0.360 e. The van der Waals surface area contributed by atoms with Gasteiger partial charge in [-0.15, -0.1) is 21.5 Å². The first-order chi connectivity index (χ1) is 9.22. The molecule has 0 spiro atoms. The highest BCUT2D eigenvalue weighted by Gasteiger charge is 2.11. The average Bonchev–Trinajstić information content (AvgIpc) is 3.05. The van der Waals surface area contributed by atoms with Crippen molar-refractivity contribution in [2.24, 2.45) is 0 Å². The summed E-state index contributed by atoms with van der Waals surface area (Å²) in [6.07, 6.45) is 0.980. The van der Waals surface area contributed by atoms with Crippen molar-refractivity contribution < 1.29 is 4.79 Å². The number of ketones is 1. The molecule has 0 aliphatic rings. The maximum absolute atomic E-state index is 12.0. The van der Waals surface area contributed by atoms with Gasteiger partial charge in [-0.25, -0.2) is 0 Å². The van der Waals surface area contributed by atoms with E-state index in [9.17, 15) is 4.79 Å². The van der Waals surface area contributed by atoms with Gasteiger partial charge in [-0.2, -0.15) is 0 Å². The zero-order chi connectivity index (χ0) is 13.7. The summed E-state index contributed by atoms with van der Waals surface area (Å²) in [5.74, 6) is 0.583. The molecule has 19 heavy (non-hydrogen) atoms. The first-order valence-electron chi connectivity index (χ1n) is 6.05. The smallest absolute Gasteiger partial charge is 0.206 e. The molecule has 0 saturated carbocycles. The summed E-state index contributed by atoms with van der Waals surface area (Å²) < 4.78 is 0.830. The highest BCUT2D eigenvalue weighted by atomic mass is 32.2. The van der Waals surface area contributed by atoms with Crippen LogP contribution in [-0.4, -0.2) is 28.3 Å². The number of hydrogen-bond acceptors (Lipinski definition) is 7. The molecule has 0 unspecified atom stereocenters. The molecule has 2 heterocycles. The summed E-state index contributed by atoms with van der Waals surface area (Å²) in [5, 5.41) is 12.0. The number of carbonyl (C=O) groups is 1. The van der Waals surface area contributed by atoms with E-state index >= 15 is 0 Å². The van der Waals surface area contributed by atoms with Gasteiger partial charge in [-0.1, -0.05) is 30.0 Å². The lowest BCUT2D eigenvalue weighted by atomic mass is 10.3. The number of thioether (sulfide) groups is 1. The molecule has 0 aromatic carbocycles. The molecule has 4 nitrogen and oxygen atoms in total. The molecule has 0 atom stereocenters. The highest BCUT2D eigenvalue weighted by Crippen LogP contribution is 2.27. The van der Waals surface area contributed by atoms with Crippen molar-refractivity contribution in [1.29, 1.82) is 0 Å². The van der Waals surface area contributed by atoms with Gasteiger partial charge in [0, 0.05) is 11.4 Å². The van der Waals surface area contributed by atoms with Gasteiger partial charge in [0.25, 0.3) is 0 Å². The molecular formula is C12H15N3OS3. The Hall–Kier alpha value is -0.920. The molecule has 7 heteroatoms. The normalized spacial score (nSPS) is 10.6. The van der Waals surface area contributed by atoms with Gasteiger partial charge >= 0.3 is 0 Å². The van der Waals surface area contributed by atoms with Crippen LogP contribution in [0.4, 0.5) is 5.13 Å². The third kappa shape index (κ3) is 4.02. The number of thiophene rings is 1. The Morgan fingerprint density at radius 1 is 1.32 bits per heavy atom. The summed E-state index contributed by atoms with van der Waals surface area (Å²) in [7, 11) is 0. The number of Topliss-reactive ketones (excluding diaryl/α,β-unsaturated/α-hetero) is 1. The van der Waals surface area contributed by atoms with Crippen LogP contribution < -0.4 is 5.32 Å². The van der Waals surface area contributed by atoms with E-state index in [-0.39, 0.29) is 5.78 Å². The maximum Gasteiger partial charge on any atom is 0.206 e. The number of nitrogens with one attached hydrogen (secondary N) is 1. The Bertz CT molecular complexity index is 550. The zero-order valence-corrected chi connectivity index (χ0v) is 13.3. The standard InChI is InChI=1S/C12H15N3OS3/c1-3-8-5-6-10(18-8)9(16)7-17-12-15-14-11(19-12)13-4-2/h5-6H,3-4,7H2,1-2H3,(H,13,14). The Kier molecular flexibility index (Phi) is 5.35. The van der Waals surface area contributed by atoms with Crippen molar-refractivity contribution in [3.05, 3.63) is 21.9 Å². The van der Waals surface area contributed by atoms with Crippen molar-refractivity contribution in [2.45, 2.75) is 24.6 Å². The first-order valence-corrected chi connectivity index (χ1v) is 8.66. The topological polar surface area (TPSA) is 54.9 Å². The van der Waals surface area contributed by atoms with E-state index in [0.717, 1.165) is 27.3 Å². The minimum atomic E-state index is 0.162. The summed E-state index contributed by atoms with van der Waals surface area (Å²) in [4.78, 5) is 14.1. The van der Waals surface area contributed by atoms with Crippen molar-refractivity contribution in [1.82, 2.24) is 10.2 Å². The van der Waals surface area contributed by atoms with Crippen LogP contribution in [0.5, 0.6) is 0 Å². The Morgan fingerprint density at radius 3 is 2.84 bits per heavy atom. The Labute approximate surface area is 124 Å². The fourth-order valence-corrected chi connectivity index (χ4v) is 4.09. The van der Waals surface area contributed by atoms with Crippen LogP contribution >= 0.6 is 34.4 Å².